The standard InChI is InChI=1S/C21H20ClFN6O2/c1-28-4-6-29(7-5-28)19-16(13-8-14(20(30)31)11-24-10-13)12-25-21(27-19)26-15-2-3-18(23)17(22)9-15/h2-3,8-12H,4-7H2,1H3,(H,30,31)(H,25,26,27). The molecule has 0 aliphatic carbocycles. The number of carboxylic acid groups (broad SMARTS) is 1. The molecule has 10 heteroatoms. The molecule has 0 radical (unpaired) electrons. The molecule has 1 saturated heterocycles. The van der Waals surface area contributed by atoms with E-state index >= 15 is 0 Å². The van der Waals surface area contributed by atoms with Crippen LogP contribution in [-0.4, -0.2) is 64.2 Å². The minimum Gasteiger partial charge on any atom is -0.478 e. The van der Waals surface area contributed by atoms with Crippen LogP contribution in [0, 0.1) is 5.82 Å². The maximum absolute atomic E-state index is 13.5. The van der Waals surface area contributed by atoms with E-state index in [1.54, 1.807) is 24.5 Å². The van der Waals surface area contributed by atoms with Crippen LogP contribution in [-0.2, 0) is 0 Å². The number of aromatic nitrogens is 3. The Kier molecular flexibility index (Phi) is 5.97. The lowest BCUT2D eigenvalue weighted by Crippen LogP contribution is -2.45. The number of piperazine rings is 1. The summed E-state index contributed by atoms with van der Waals surface area (Å²) in [7, 11) is 2.06. The Morgan fingerprint density at radius 2 is 1.94 bits per heavy atom. The summed E-state index contributed by atoms with van der Waals surface area (Å²) in [6.45, 7) is 3.25. The molecule has 3 aromatic rings. The van der Waals surface area contributed by atoms with Crippen molar-refractivity contribution < 1.29 is 14.3 Å². The molecule has 3 heterocycles. The summed E-state index contributed by atoms with van der Waals surface area (Å²) in [4.78, 5) is 28.9. The van der Waals surface area contributed by atoms with Gasteiger partial charge in [-0.3, -0.25) is 4.98 Å². The van der Waals surface area contributed by atoms with Gasteiger partial charge in [-0.2, -0.15) is 4.98 Å². The number of pyridine rings is 1. The second kappa shape index (κ2) is 8.83. The first-order valence-electron chi connectivity index (χ1n) is 9.62. The van der Waals surface area contributed by atoms with Crippen molar-refractivity contribution in [1.82, 2.24) is 19.9 Å². The van der Waals surface area contributed by atoms with E-state index in [1.807, 2.05) is 0 Å². The van der Waals surface area contributed by atoms with Gasteiger partial charge in [-0.25, -0.2) is 14.2 Å². The van der Waals surface area contributed by atoms with E-state index in [-0.39, 0.29) is 10.6 Å². The number of hydrogen-bond acceptors (Lipinski definition) is 7. The summed E-state index contributed by atoms with van der Waals surface area (Å²) in [5.41, 5.74) is 1.94. The average molecular weight is 443 g/mol. The zero-order valence-corrected chi connectivity index (χ0v) is 17.5. The Labute approximate surface area is 183 Å². The molecule has 4 rings (SSSR count). The first-order valence-corrected chi connectivity index (χ1v) is 10.00. The Morgan fingerprint density at radius 1 is 1.16 bits per heavy atom. The molecule has 0 amide bonds. The largest absolute Gasteiger partial charge is 0.478 e. The van der Waals surface area contributed by atoms with E-state index in [0.29, 0.717) is 28.6 Å². The van der Waals surface area contributed by atoms with Crippen LogP contribution in [0.1, 0.15) is 10.4 Å². The van der Waals surface area contributed by atoms with Crippen molar-refractivity contribution in [2.24, 2.45) is 0 Å². The summed E-state index contributed by atoms with van der Waals surface area (Å²) in [6.07, 6.45) is 4.53. The molecule has 0 atom stereocenters. The molecular formula is C21H20ClFN6O2. The zero-order valence-electron chi connectivity index (χ0n) is 16.7. The summed E-state index contributed by atoms with van der Waals surface area (Å²) in [5.74, 6) is -0.568. The first kappa shape index (κ1) is 21.0. The number of likely N-dealkylation sites (N-methyl/N-ethyl adjacent to an activating group) is 1. The Balaban J connectivity index is 1.73. The van der Waals surface area contributed by atoms with Gasteiger partial charge >= 0.3 is 5.97 Å². The van der Waals surface area contributed by atoms with Crippen LogP contribution in [0.25, 0.3) is 11.1 Å². The Bertz CT molecular complexity index is 1120. The molecule has 1 aliphatic heterocycles. The predicted molar refractivity (Wildman–Crippen MR) is 117 cm³/mol. The van der Waals surface area contributed by atoms with E-state index in [9.17, 15) is 14.3 Å². The smallest absolute Gasteiger partial charge is 0.337 e. The fourth-order valence-corrected chi connectivity index (χ4v) is 3.48. The summed E-state index contributed by atoms with van der Waals surface area (Å²) < 4.78 is 13.5. The monoisotopic (exact) mass is 442 g/mol. The lowest BCUT2D eigenvalue weighted by atomic mass is 10.1. The topological polar surface area (TPSA) is 94.5 Å². The third-order valence-corrected chi connectivity index (χ3v) is 5.33. The molecule has 8 nitrogen and oxygen atoms in total. The average Bonchev–Trinajstić information content (AvgIpc) is 2.77. The van der Waals surface area contributed by atoms with Crippen LogP contribution < -0.4 is 10.2 Å². The minimum absolute atomic E-state index is 0.00234. The number of nitrogens with zero attached hydrogens (tertiary/aromatic N) is 5. The fraction of sp³-hybridized carbons (Fsp3) is 0.238. The van der Waals surface area contributed by atoms with Crippen molar-refractivity contribution in [3.8, 4) is 11.1 Å². The van der Waals surface area contributed by atoms with Gasteiger partial charge in [-0.05, 0) is 31.3 Å². The van der Waals surface area contributed by atoms with Gasteiger partial charge in [-0.15, -0.1) is 0 Å². The molecule has 1 aliphatic rings. The van der Waals surface area contributed by atoms with Crippen molar-refractivity contribution in [2.45, 2.75) is 0 Å². The van der Waals surface area contributed by atoms with Crippen LogP contribution in [0.4, 0.5) is 21.8 Å². The Hall–Kier alpha value is -3.30. The number of aromatic carboxylic acids is 1. The molecule has 2 N–H and O–H groups in total. The van der Waals surface area contributed by atoms with Crippen LogP contribution in [0.3, 0.4) is 0 Å². The van der Waals surface area contributed by atoms with E-state index in [4.69, 9.17) is 16.6 Å². The fourth-order valence-electron chi connectivity index (χ4n) is 3.30. The molecular weight excluding hydrogens is 423 g/mol. The summed E-state index contributed by atoms with van der Waals surface area (Å²) >= 11 is 5.87. The van der Waals surface area contributed by atoms with Crippen molar-refractivity contribution in [1.29, 1.82) is 0 Å². The number of benzene rings is 1. The molecule has 0 unspecified atom stereocenters. The maximum Gasteiger partial charge on any atom is 0.337 e. The van der Waals surface area contributed by atoms with Crippen molar-refractivity contribution in [2.75, 3.05) is 43.4 Å². The van der Waals surface area contributed by atoms with Gasteiger partial charge in [0.05, 0.1) is 10.6 Å². The van der Waals surface area contributed by atoms with Crippen molar-refractivity contribution >= 4 is 35.0 Å². The number of carboxylic acids is 1. The van der Waals surface area contributed by atoms with E-state index in [0.717, 1.165) is 26.2 Å². The van der Waals surface area contributed by atoms with Gasteiger partial charge in [0.25, 0.3) is 0 Å². The van der Waals surface area contributed by atoms with Gasteiger partial charge in [0.2, 0.25) is 5.95 Å². The summed E-state index contributed by atoms with van der Waals surface area (Å²) in [6, 6.07) is 5.84. The lowest BCUT2D eigenvalue weighted by molar-refractivity contribution is 0.0696. The number of hydrogen-bond donors (Lipinski definition) is 2. The highest BCUT2D eigenvalue weighted by Gasteiger charge is 2.21. The highest BCUT2D eigenvalue weighted by molar-refractivity contribution is 6.31. The van der Waals surface area contributed by atoms with Gasteiger partial charge in [-0.1, -0.05) is 11.6 Å². The van der Waals surface area contributed by atoms with E-state index < -0.39 is 11.8 Å². The van der Waals surface area contributed by atoms with Crippen LogP contribution in [0.15, 0.2) is 42.9 Å². The second-order valence-electron chi connectivity index (χ2n) is 7.24. The van der Waals surface area contributed by atoms with Crippen LogP contribution in [0.5, 0.6) is 0 Å². The molecule has 2 aromatic heterocycles. The molecule has 160 valence electrons. The second-order valence-corrected chi connectivity index (χ2v) is 7.65. The van der Waals surface area contributed by atoms with Gasteiger partial charge in [0, 0.05) is 61.6 Å². The number of rotatable bonds is 5. The molecule has 1 fully saturated rings. The van der Waals surface area contributed by atoms with Gasteiger partial charge < -0.3 is 20.2 Å². The third kappa shape index (κ3) is 4.73. The molecule has 0 bridgehead atoms. The lowest BCUT2D eigenvalue weighted by Gasteiger charge is -2.34. The molecule has 0 spiro atoms. The highest BCUT2D eigenvalue weighted by Crippen LogP contribution is 2.31. The molecule has 1 aromatic carbocycles. The zero-order chi connectivity index (χ0) is 22.0. The number of carbonyl (C=O) groups is 1. The molecule has 0 saturated carbocycles. The first-order chi connectivity index (χ1) is 14.9. The third-order valence-electron chi connectivity index (χ3n) is 5.04. The normalized spacial score (nSPS) is 14.5. The maximum atomic E-state index is 13.5. The van der Waals surface area contributed by atoms with Gasteiger partial charge in [0.1, 0.15) is 11.6 Å². The number of nitrogens with one attached hydrogen (secondary N) is 1. The quantitative estimate of drug-likeness (QED) is 0.619. The van der Waals surface area contributed by atoms with Crippen molar-refractivity contribution in [3.63, 3.8) is 0 Å². The predicted octanol–water partition coefficient (Wildman–Crippen LogP) is 3.52. The van der Waals surface area contributed by atoms with E-state index in [2.05, 4.69) is 32.1 Å². The molecule has 31 heavy (non-hydrogen) atoms. The Morgan fingerprint density at radius 3 is 2.65 bits per heavy atom. The number of halogens is 2. The van der Waals surface area contributed by atoms with Crippen LogP contribution in [0.2, 0.25) is 5.02 Å². The van der Waals surface area contributed by atoms with Crippen molar-refractivity contribution in [3.05, 3.63) is 59.3 Å². The SMILES string of the molecule is CN1CCN(c2nc(Nc3ccc(F)c(Cl)c3)ncc2-c2cncc(C(=O)O)c2)CC1. The van der Waals surface area contributed by atoms with Gasteiger partial charge in [0.15, 0.2) is 0 Å². The summed E-state index contributed by atoms with van der Waals surface area (Å²) in [5, 5.41) is 12.4. The highest BCUT2D eigenvalue weighted by atomic mass is 35.5. The minimum atomic E-state index is -1.05. The number of anilines is 3. The van der Waals surface area contributed by atoms with E-state index in [1.165, 1.54) is 18.3 Å². The van der Waals surface area contributed by atoms with Crippen LogP contribution >= 0.6 is 11.6 Å².